The lowest BCUT2D eigenvalue weighted by molar-refractivity contribution is -0.120. The van der Waals surface area contributed by atoms with Crippen molar-refractivity contribution in [3.8, 4) is 17.6 Å². The topological polar surface area (TPSA) is 52.2 Å². The van der Waals surface area contributed by atoms with Crippen molar-refractivity contribution in [2.24, 2.45) is 0 Å². The van der Waals surface area contributed by atoms with Gasteiger partial charge in [-0.05, 0) is 82.3 Å². The Bertz CT molecular complexity index is 1210. The first-order chi connectivity index (χ1) is 19.7. The van der Waals surface area contributed by atoms with Crippen molar-refractivity contribution >= 4 is 29.0 Å². The molecule has 1 unspecified atom stereocenters. The van der Waals surface area contributed by atoms with Crippen LogP contribution in [-0.4, -0.2) is 95.1 Å². The predicted octanol–water partition coefficient (Wildman–Crippen LogP) is 5.20. The van der Waals surface area contributed by atoms with Crippen LogP contribution in [0.4, 0.5) is 30.2 Å². The average Bonchev–Trinajstić information content (AvgIpc) is 3.28. The third kappa shape index (κ3) is 8.85. The largest absolute Gasteiger partial charge is 0.495 e. The molecule has 1 saturated heterocycles. The van der Waals surface area contributed by atoms with Gasteiger partial charge < -0.3 is 29.9 Å². The molecular formula is C30H40F3N5O2S. The first-order valence-corrected chi connectivity index (χ1v) is 14.6. The summed E-state index contributed by atoms with van der Waals surface area (Å²) in [7, 11) is 7.39. The number of methoxy groups -OCH3 is 2. The highest BCUT2D eigenvalue weighted by molar-refractivity contribution is 7.97. The van der Waals surface area contributed by atoms with Crippen molar-refractivity contribution < 1.29 is 22.6 Å². The highest BCUT2D eigenvalue weighted by atomic mass is 32.2. The number of fused-ring (bicyclic) bond motifs is 1. The number of nitrogens with one attached hydrogen (secondary N) is 2. The van der Waals surface area contributed by atoms with Gasteiger partial charge in [-0.2, -0.15) is 13.2 Å². The van der Waals surface area contributed by atoms with Crippen molar-refractivity contribution in [2.45, 2.75) is 42.4 Å². The van der Waals surface area contributed by atoms with E-state index in [1.165, 1.54) is 4.90 Å². The molecule has 2 aliphatic heterocycles. The molecule has 0 saturated carbocycles. The third-order valence-electron chi connectivity index (χ3n) is 7.34. The molecule has 2 aliphatic rings. The zero-order chi connectivity index (χ0) is 29.4. The fourth-order valence-electron chi connectivity index (χ4n) is 5.18. The van der Waals surface area contributed by atoms with E-state index in [4.69, 9.17) is 9.47 Å². The van der Waals surface area contributed by atoms with E-state index in [1.807, 2.05) is 37.4 Å². The monoisotopic (exact) mass is 591 g/mol. The number of alkyl halides is 3. The lowest BCUT2D eigenvalue weighted by atomic mass is 10.0. The van der Waals surface area contributed by atoms with E-state index in [1.54, 1.807) is 32.2 Å². The van der Waals surface area contributed by atoms with Gasteiger partial charge >= 0.3 is 6.18 Å². The fraction of sp³-hybridized carbons (Fsp3) is 0.533. The van der Waals surface area contributed by atoms with E-state index in [0.717, 1.165) is 54.3 Å². The maximum atomic E-state index is 13.6. The number of benzene rings is 2. The molecule has 0 aromatic heterocycles. The molecule has 0 bridgehead atoms. The molecule has 4 rings (SSSR count). The first-order valence-electron chi connectivity index (χ1n) is 13.9. The third-order valence-corrected chi connectivity index (χ3v) is 8.30. The molecule has 1 fully saturated rings. The summed E-state index contributed by atoms with van der Waals surface area (Å²) < 4.78 is 53.6. The van der Waals surface area contributed by atoms with Gasteiger partial charge in [-0.15, -0.1) is 0 Å². The Morgan fingerprint density at radius 1 is 1.12 bits per heavy atom. The van der Waals surface area contributed by atoms with Crippen molar-refractivity contribution in [3.63, 3.8) is 0 Å². The SMILES string of the molecule is COCCN(C)Sc1ccc(NCC#CC2Cc3c(NC4CCN(C)CC4)cccc3N2CC(F)(F)F)c(OC)c1. The summed E-state index contributed by atoms with van der Waals surface area (Å²) in [6.45, 7) is 2.69. The Morgan fingerprint density at radius 2 is 1.90 bits per heavy atom. The zero-order valence-corrected chi connectivity index (χ0v) is 25.0. The number of likely N-dealkylation sites (tertiary alicyclic amines) is 1. The molecule has 1 atom stereocenters. The number of anilines is 3. The molecule has 2 heterocycles. The maximum Gasteiger partial charge on any atom is 0.405 e. The van der Waals surface area contributed by atoms with Gasteiger partial charge in [-0.3, -0.25) is 0 Å². The molecule has 2 aromatic carbocycles. The van der Waals surface area contributed by atoms with Crippen molar-refractivity contribution in [1.82, 2.24) is 9.21 Å². The van der Waals surface area contributed by atoms with Gasteiger partial charge in [0.25, 0.3) is 0 Å². The van der Waals surface area contributed by atoms with Crippen molar-refractivity contribution in [3.05, 3.63) is 42.0 Å². The Labute approximate surface area is 245 Å². The lowest BCUT2D eigenvalue weighted by Gasteiger charge is -2.30. The second kappa shape index (κ2) is 14.4. The van der Waals surface area contributed by atoms with Crippen LogP contribution in [0.15, 0.2) is 41.3 Å². The number of rotatable bonds is 11. The molecule has 224 valence electrons. The zero-order valence-electron chi connectivity index (χ0n) is 24.2. The summed E-state index contributed by atoms with van der Waals surface area (Å²) in [5, 5.41) is 6.87. The van der Waals surface area contributed by atoms with E-state index in [0.29, 0.717) is 30.5 Å². The van der Waals surface area contributed by atoms with E-state index in [9.17, 15) is 13.2 Å². The molecule has 11 heteroatoms. The number of piperidine rings is 1. The summed E-state index contributed by atoms with van der Waals surface area (Å²) in [6, 6.07) is 11.2. The van der Waals surface area contributed by atoms with Gasteiger partial charge in [0.15, 0.2) is 0 Å². The number of halogens is 3. The Kier molecular flexibility index (Phi) is 10.9. The quantitative estimate of drug-likeness (QED) is 0.274. The van der Waals surface area contributed by atoms with Crippen molar-refractivity contribution in [2.75, 3.05) is 83.2 Å². The highest BCUT2D eigenvalue weighted by Gasteiger charge is 2.38. The Balaban J connectivity index is 1.43. The van der Waals surface area contributed by atoms with Crippen LogP contribution in [0.25, 0.3) is 0 Å². The molecule has 41 heavy (non-hydrogen) atoms. The first kappa shape index (κ1) is 31.2. The second-order valence-electron chi connectivity index (χ2n) is 10.5. The Morgan fingerprint density at radius 3 is 2.61 bits per heavy atom. The van der Waals surface area contributed by atoms with Crippen LogP contribution in [0.3, 0.4) is 0 Å². The molecule has 0 radical (unpaired) electrons. The van der Waals surface area contributed by atoms with Gasteiger partial charge in [0, 0.05) is 48.0 Å². The number of hydrogen-bond donors (Lipinski definition) is 2. The predicted molar refractivity (Wildman–Crippen MR) is 161 cm³/mol. The average molecular weight is 592 g/mol. The normalized spacial score (nSPS) is 17.8. The van der Waals surface area contributed by atoms with E-state index >= 15 is 0 Å². The van der Waals surface area contributed by atoms with Crippen LogP contribution in [0, 0.1) is 11.8 Å². The maximum absolute atomic E-state index is 13.6. The summed E-state index contributed by atoms with van der Waals surface area (Å²) in [5.74, 6) is 6.87. The van der Waals surface area contributed by atoms with E-state index < -0.39 is 18.8 Å². The van der Waals surface area contributed by atoms with Gasteiger partial charge in [-0.1, -0.05) is 17.9 Å². The standard InChI is InChI=1S/C30H40F3N5O2S/c1-36-15-12-22(13-16-36)35-26-8-5-9-28-25(26)19-23(38(28)21-30(31,32)33)7-6-14-34-27-11-10-24(20-29(27)40-4)41-37(2)17-18-39-3/h5,8-11,20,22-23,34-35H,12-19,21H2,1-4H3. The molecule has 0 amide bonds. The van der Waals surface area contributed by atoms with Crippen molar-refractivity contribution in [1.29, 1.82) is 0 Å². The molecule has 2 aromatic rings. The van der Waals surface area contributed by atoms with Gasteiger partial charge in [0.05, 0.1) is 32.0 Å². The molecule has 7 nitrogen and oxygen atoms in total. The van der Waals surface area contributed by atoms with Crippen LogP contribution in [0.5, 0.6) is 5.75 Å². The van der Waals surface area contributed by atoms with E-state index in [2.05, 4.69) is 38.7 Å². The molecule has 0 aliphatic carbocycles. The van der Waals surface area contributed by atoms with Gasteiger partial charge in [0.1, 0.15) is 12.3 Å². The number of hydrogen-bond acceptors (Lipinski definition) is 8. The van der Waals surface area contributed by atoms with Crippen LogP contribution in [-0.2, 0) is 11.2 Å². The van der Waals surface area contributed by atoms with Crippen LogP contribution < -0.4 is 20.3 Å². The minimum atomic E-state index is -4.33. The minimum absolute atomic E-state index is 0.282. The smallest absolute Gasteiger partial charge is 0.405 e. The van der Waals surface area contributed by atoms with Crippen LogP contribution in [0.2, 0.25) is 0 Å². The number of nitrogens with zero attached hydrogens (tertiary/aromatic N) is 3. The summed E-state index contributed by atoms with van der Waals surface area (Å²) in [5.41, 5.74) is 3.21. The molecular weight excluding hydrogens is 551 g/mol. The number of likely N-dealkylation sites (N-methyl/N-ethyl adjacent to an activating group) is 1. The second-order valence-corrected chi connectivity index (χ2v) is 11.7. The number of ether oxygens (including phenoxy) is 2. The summed E-state index contributed by atoms with van der Waals surface area (Å²) in [4.78, 5) is 4.72. The summed E-state index contributed by atoms with van der Waals surface area (Å²) in [6.07, 6.45) is -1.87. The summed E-state index contributed by atoms with van der Waals surface area (Å²) >= 11 is 1.59. The van der Waals surface area contributed by atoms with Gasteiger partial charge in [0.2, 0.25) is 0 Å². The minimum Gasteiger partial charge on any atom is -0.495 e. The van der Waals surface area contributed by atoms with Gasteiger partial charge in [-0.25, -0.2) is 4.31 Å². The lowest BCUT2D eigenvalue weighted by Crippen LogP contribution is -2.39. The van der Waals surface area contributed by atoms with E-state index in [-0.39, 0.29) is 6.54 Å². The molecule has 2 N–H and O–H groups in total. The molecule has 0 spiro atoms. The fourth-order valence-corrected chi connectivity index (χ4v) is 6.00. The highest BCUT2D eigenvalue weighted by Crippen LogP contribution is 2.39. The Hall–Kier alpha value is -2.78. The van der Waals surface area contributed by atoms with Crippen LogP contribution >= 0.6 is 11.9 Å². The van der Waals surface area contributed by atoms with Crippen LogP contribution in [0.1, 0.15) is 18.4 Å².